The van der Waals surface area contributed by atoms with Crippen molar-refractivity contribution in [2.45, 2.75) is 31.3 Å². The van der Waals surface area contributed by atoms with Gasteiger partial charge in [-0.25, -0.2) is 0 Å². The van der Waals surface area contributed by atoms with E-state index in [4.69, 9.17) is 32.7 Å². The highest BCUT2D eigenvalue weighted by atomic mass is 35.5. The molecular formula is C24H21Cl2NO2. The molecule has 29 heavy (non-hydrogen) atoms. The highest BCUT2D eigenvalue weighted by molar-refractivity contribution is 6.42. The van der Waals surface area contributed by atoms with Crippen molar-refractivity contribution >= 4 is 23.2 Å². The van der Waals surface area contributed by atoms with Crippen LogP contribution in [-0.4, -0.2) is 6.79 Å². The van der Waals surface area contributed by atoms with Gasteiger partial charge >= 0.3 is 0 Å². The van der Waals surface area contributed by atoms with E-state index in [-0.39, 0.29) is 0 Å². The van der Waals surface area contributed by atoms with Gasteiger partial charge in [-0.2, -0.15) is 0 Å². The Bertz CT molecular complexity index is 1050. The maximum absolute atomic E-state index is 6.28. The first-order chi connectivity index (χ1) is 14.2. The van der Waals surface area contributed by atoms with Crippen LogP contribution in [0.4, 0.5) is 0 Å². The molecule has 1 heterocycles. The van der Waals surface area contributed by atoms with Crippen molar-refractivity contribution in [3.05, 3.63) is 93.0 Å². The average molecular weight is 426 g/mol. The Morgan fingerprint density at radius 1 is 0.828 bits per heavy atom. The monoisotopic (exact) mass is 425 g/mol. The van der Waals surface area contributed by atoms with Crippen molar-refractivity contribution in [1.29, 1.82) is 0 Å². The van der Waals surface area contributed by atoms with Gasteiger partial charge in [0, 0.05) is 18.5 Å². The van der Waals surface area contributed by atoms with E-state index in [1.165, 1.54) is 22.3 Å². The molecule has 3 nitrogen and oxygen atoms in total. The van der Waals surface area contributed by atoms with Gasteiger partial charge < -0.3 is 14.8 Å². The fraction of sp³-hybridized carbons (Fsp3) is 0.250. The van der Waals surface area contributed by atoms with Crippen LogP contribution >= 0.6 is 23.2 Å². The molecule has 1 aliphatic heterocycles. The summed E-state index contributed by atoms with van der Waals surface area (Å²) in [7, 11) is 0. The van der Waals surface area contributed by atoms with Gasteiger partial charge in [-0.15, -0.1) is 0 Å². The molecule has 0 radical (unpaired) electrons. The fourth-order valence-corrected chi connectivity index (χ4v) is 4.68. The summed E-state index contributed by atoms with van der Waals surface area (Å²) in [5, 5.41) is 4.95. The zero-order valence-corrected chi connectivity index (χ0v) is 17.3. The van der Waals surface area contributed by atoms with Gasteiger partial charge in [0.25, 0.3) is 0 Å². The van der Waals surface area contributed by atoms with Crippen LogP contribution < -0.4 is 14.8 Å². The van der Waals surface area contributed by atoms with Crippen LogP contribution in [0.1, 0.15) is 47.1 Å². The number of rotatable bonds is 4. The molecular weight excluding hydrogens is 405 g/mol. The van der Waals surface area contributed by atoms with Crippen molar-refractivity contribution < 1.29 is 9.47 Å². The maximum atomic E-state index is 6.28. The van der Waals surface area contributed by atoms with Gasteiger partial charge in [0.15, 0.2) is 11.5 Å². The van der Waals surface area contributed by atoms with E-state index in [0.717, 1.165) is 30.9 Å². The quantitative estimate of drug-likeness (QED) is 0.518. The molecule has 0 bridgehead atoms. The van der Waals surface area contributed by atoms with E-state index in [0.29, 0.717) is 28.8 Å². The lowest BCUT2D eigenvalue weighted by molar-refractivity contribution is 0.174. The van der Waals surface area contributed by atoms with Crippen LogP contribution in [0.2, 0.25) is 10.0 Å². The Morgan fingerprint density at radius 2 is 1.66 bits per heavy atom. The molecule has 0 fully saturated rings. The normalized spacial score (nSPS) is 19.8. The summed E-state index contributed by atoms with van der Waals surface area (Å²) in [5.74, 6) is 1.99. The maximum Gasteiger partial charge on any atom is 0.231 e. The van der Waals surface area contributed by atoms with Crippen molar-refractivity contribution in [2.75, 3.05) is 6.79 Å². The third-order valence-electron chi connectivity index (χ3n) is 5.83. The van der Waals surface area contributed by atoms with Crippen LogP contribution in [0.15, 0.2) is 60.7 Å². The lowest BCUT2D eigenvalue weighted by Crippen LogP contribution is -2.26. The van der Waals surface area contributed by atoms with Gasteiger partial charge in [0.1, 0.15) is 0 Å². The van der Waals surface area contributed by atoms with E-state index in [2.05, 4.69) is 47.8 Å². The number of fused-ring (bicyclic) bond motifs is 2. The Labute approximate surface area is 180 Å². The summed E-state index contributed by atoms with van der Waals surface area (Å²) < 4.78 is 10.9. The second-order valence-corrected chi connectivity index (χ2v) is 8.37. The highest BCUT2D eigenvalue weighted by Crippen LogP contribution is 2.42. The van der Waals surface area contributed by atoms with E-state index >= 15 is 0 Å². The summed E-state index contributed by atoms with van der Waals surface area (Å²) in [6.45, 7) is 1.09. The number of hydrogen-bond acceptors (Lipinski definition) is 3. The molecule has 2 aliphatic rings. The molecule has 0 saturated carbocycles. The molecule has 1 N–H and O–H groups in total. The average Bonchev–Trinajstić information content (AvgIpc) is 3.22. The van der Waals surface area contributed by atoms with Crippen LogP contribution in [0, 0.1) is 0 Å². The minimum atomic E-state index is 0.304. The smallest absolute Gasteiger partial charge is 0.231 e. The highest BCUT2D eigenvalue weighted by Gasteiger charge is 2.28. The zero-order valence-electron chi connectivity index (χ0n) is 15.8. The standard InChI is InChI=1S/C24H21Cl2NO2/c25-20-8-6-16(12-21(20)26)17-7-9-22(19-4-2-1-3-18(17)19)27-13-15-5-10-23-24(11-15)29-14-28-23/h1-6,8,10-12,17,22,27H,7,9,13-14H2/t17-,22+/m0/s1. The molecule has 1 aliphatic carbocycles. The SMILES string of the molecule is Clc1ccc([C@@H]2CC[C@@H](NCc3ccc4c(c3)OCO4)c3ccccc32)cc1Cl. The minimum absolute atomic E-state index is 0.304. The third kappa shape index (κ3) is 3.71. The number of ether oxygens (including phenoxy) is 2. The van der Waals surface area contributed by atoms with Crippen LogP contribution in [0.5, 0.6) is 11.5 Å². The predicted molar refractivity (Wildman–Crippen MR) is 116 cm³/mol. The zero-order chi connectivity index (χ0) is 19.8. The summed E-state index contributed by atoms with van der Waals surface area (Å²) >= 11 is 12.4. The largest absolute Gasteiger partial charge is 0.454 e. The topological polar surface area (TPSA) is 30.5 Å². The molecule has 2 atom stereocenters. The van der Waals surface area contributed by atoms with Gasteiger partial charge in [0.05, 0.1) is 10.0 Å². The fourth-order valence-electron chi connectivity index (χ4n) is 4.37. The summed E-state index contributed by atoms with van der Waals surface area (Å²) in [6, 6.07) is 21.1. The Morgan fingerprint density at radius 3 is 2.52 bits per heavy atom. The molecule has 3 aromatic rings. The molecule has 0 unspecified atom stereocenters. The Hall–Kier alpha value is -2.20. The van der Waals surface area contributed by atoms with Gasteiger partial charge in [-0.3, -0.25) is 0 Å². The van der Waals surface area contributed by atoms with Crippen LogP contribution in [-0.2, 0) is 6.54 Å². The summed E-state index contributed by atoms with van der Waals surface area (Å²) in [6.07, 6.45) is 2.13. The molecule has 0 spiro atoms. The number of halogens is 2. The third-order valence-corrected chi connectivity index (χ3v) is 6.57. The predicted octanol–water partition coefficient (Wildman–Crippen LogP) is 6.48. The molecule has 0 saturated heterocycles. The van der Waals surface area contributed by atoms with Crippen molar-refractivity contribution in [1.82, 2.24) is 5.32 Å². The first-order valence-corrected chi connectivity index (χ1v) is 10.6. The van der Waals surface area contributed by atoms with Crippen LogP contribution in [0.3, 0.4) is 0 Å². The Kier molecular flexibility index (Phi) is 5.13. The van der Waals surface area contributed by atoms with Gasteiger partial charge in [-0.05, 0) is 59.4 Å². The molecule has 148 valence electrons. The van der Waals surface area contributed by atoms with Crippen molar-refractivity contribution in [2.24, 2.45) is 0 Å². The molecule has 0 aromatic heterocycles. The van der Waals surface area contributed by atoms with Crippen molar-refractivity contribution in [3.63, 3.8) is 0 Å². The number of hydrogen-bond donors (Lipinski definition) is 1. The minimum Gasteiger partial charge on any atom is -0.454 e. The molecule has 5 heteroatoms. The van der Waals surface area contributed by atoms with Gasteiger partial charge in [0.2, 0.25) is 6.79 Å². The number of nitrogens with one attached hydrogen (secondary N) is 1. The molecule has 3 aromatic carbocycles. The summed E-state index contributed by atoms with van der Waals surface area (Å²) in [5.41, 5.74) is 5.13. The van der Waals surface area contributed by atoms with Gasteiger partial charge in [-0.1, -0.05) is 59.6 Å². The summed E-state index contributed by atoms with van der Waals surface area (Å²) in [4.78, 5) is 0. The van der Waals surface area contributed by atoms with E-state index < -0.39 is 0 Å². The van der Waals surface area contributed by atoms with Crippen molar-refractivity contribution in [3.8, 4) is 11.5 Å². The second-order valence-electron chi connectivity index (χ2n) is 7.55. The number of benzene rings is 3. The van der Waals surface area contributed by atoms with Crippen LogP contribution in [0.25, 0.3) is 0 Å². The first kappa shape index (κ1) is 18.8. The van der Waals surface area contributed by atoms with E-state index in [1.54, 1.807) is 0 Å². The first-order valence-electron chi connectivity index (χ1n) is 9.85. The second kappa shape index (κ2) is 7.91. The molecule has 5 rings (SSSR count). The Balaban J connectivity index is 1.37. The molecule has 0 amide bonds. The van der Waals surface area contributed by atoms with E-state index in [1.807, 2.05) is 18.2 Å². The van der Waals surface area contributed by atoms with E-state index in [9.17, 15) is 0 Å². The lowest BCUT2D eigenvalue weighted by atomic mass is 9.76. The lowest BCUT2D eigenvalue weighted by Gasteiger charge is -2.33.